The smallest absolute Gasteiger partial charge is 0.343 e. The standard InChI is InChI=1S/C42H39NO11/c1-3-38(44)50-26-6-5-25-49-35-21-13-32(14-22-35)41(47)54-37-23-15-33(16-24-37)42(48)53-36-19-9-30(10-20-36)29-43-34-17-11-31(12-18-34)40(46)52-28-8-7-27-51-39(45)4-2/h3-4,9-24,29H,1-2,5-8,25-28H2/b43-29+. The van der Waals surface area contributed by atoms with Crippen molar-refractivity contribution in [1.29, 1.82) is 0 Å². The molecule has 0 N–H and O–H groups in total. The van der Waals surface area contributed by atoms with Crippen LogP contribution in [0.3, 0.4) is 0 Å². The fourth-order valence-corrected chi connectivity index (χ4v) is 4.44. The molecule has 0 bridgehead atoms. The highest BCUT2D eigenvalue weighted by atomic mass is 16.5. The third-order valence-electron chi connectivity index (χ3n) is 7.35. The first kappa shape index (κ1) is 40.0. The molecule has 0 heterocycles. The van der Waals surface area contributed by atoms with Gasteiger partial charge in [-0.1, -0.05) is 13.2 Å². The molecule has 0 saturated heterocycles. The second-order valence-corrected chi connectivity index (χ2v) is 11.3. The predicted molar refractivity (Wildman–Crippen MR) is 199 cm³/mol. The minimum Gasteiger partial charge on any atom is -0.494 e. The second kappa shape index (κ2) is 21.5. The highest BCUT2D eigenvalue weighted by molar-refractivity contribution is 5.93. The molecule has 278 valence electrons. The summed E-state index contributed by atoms with van der Waals surface area (Å²) in [4.78, 5) is 64.1. The van der Waals surface area contributed by atoms with Crippen LogP contribution < -0.4 is 14.2 Å². The summed E-state index contributed by atoms with van der Waals surface area (Å²) >= 11 is 0. The lowest BCUT2D eigenvalue weighted by molar-refractivity contribution is -0.138. The van der Waals surface area contributed by atoms with Crippen LogP contribution in [0.2, 0.25) is 0 Å². The average Bonchev–Trinajstić information content (AvgIpc) is 3.20. The third-order valence-corrected chi connectivity index (χ3v) is 7.35. The fraction of sp³-hybridized carbons (Fsp3) is 0.190. The Labute approximate surface area is 312 Å². The number of ether oxygens (including phenoxy) is 6. The van der Waals surface area contributed by atoms with Crippen LogP contribution in [-0.4, -0.2) is 62.5 Å². The van der Waals surface area contributed by atoms with Gasteiger partial charge in [0.1, 0.15) is 17.2 Å². The number of rotatable bonds is 20. The Hall–Kier alpha value is -6.82. The van der Waals surface area contributed by atoms with E-state index in [-0.39, 0.29) is 24.5 Å². The number of benzene rings is 4. The molecule has 4 aromatic rings. The zero-order chi connectivity index (χ0) is 38.5. The van der Waals surface area contributed by atoms with Gasteiger partial charge in [0.2, 0.25) is 0 Å². The predicted octanol–water partition coefficient (Wildman–Crippen LogP) is 7.43. The molecule has 0 spiro atoms. The van der Waals surface area contributed by atoms with Gasteiger partial charge in [-0.05, 0) is 128 Å². The van der Waals surface area contributed by atoms with E-state index >= 15 is 0 Å². The van der Waals surface area contributed by atoms with Crippen LogP contribution >= 0.6 is 0 Å². The van der Waals surface area contributed by atoms with E-state index in [1.807, 2.05) is 0 Å². The SMILES string of the molecule is C=CC(=O)OCCCCOC(=O)c1ccc(/N=C/c2ccc(OC(=O)c3ccc(OC(=O)c4ccc(OCCCCOC(=O)C=C)cc4)cc3)cc2)cc1. The number of esters is 5. The molecule has 0 radical (unpaired) electrons. The van der Waals surface area contributed by atoms with Crippen molar-refractivity contribution in [1.82, 2.24) is 0 Å². The molecule has 0 unspecified atom stereocenters. The number of carbonyl (C=O) groups excluding carboxylic acids is 5. The lowest BCUT2D eigenvalue weighted by Crippen LogP contribution is -2.10. The fourth-order valence-electron chi connectivity index (χ4n) is 4.44. The molecule has 12 nitrogen and oxygen atoms in total. The van der Waals surface area contributed by atoms with Gasteiger partial charge in [0, 0.05) is 18.4 Å². The van der Waals surface area contributed by atoms with Gasteiger partial charge in [-0.15, -0.1) is 0 Å². The summed E-state index contributed by atoms with van der Waals surface area (Å²) in [6.07, 6.45) is 6.30. The van der Waals surface area contributed by atoms with Crippen LogP contribution in [0.5, 0.6) is 17.2 Å². The molecule has 12 heteroatoms. The lowest BCUT2D eigenvalue weighted by atomic mass is 10.2. The van der Waals surface area contributed by atoms with Crippen molar-refractivity contribution in [2.45, 2.75) is 25.7 Å². The normalized spacial score (nSPS) is 10.5. The van der Waals surface area contributed by atoms with Crippen molar-refractivity contribution >= 4 is 41.7 Å². The van der Waals surface area contributed by atoms with Crippen molar-refractivity contribution in [2.24, 2.45) is 4.99 Å². The van der Waals surface area contributed by atoms with Crippen LogP contribution in [0, 0.1) is 0 Å². The maximum atomic E-state index is 12.7. The van der Waals surface area contributed by atoms with Crippen molar-refractivity contribution in [2.75, 3.05) is 26.4 Å². The minimum atomic E-state index is -0.588. The van der Waals surface area contributed by atoms with Crippen LogP contribution in [0.1, 0.15) is 62.3 Å². The average molecular weight is 734 g/mol. The van der Waals surface area contributed by atoms with Crippen molar-refractivity contribution in [3.05, 3.63) is 145 Å². The molecule has 4 aromatic carbocycles. The van der Waals surface area contributed by atoms with E-state index in [4.69, 9.17) is 28.4 Å². The zero-order valence-corrected chi connectivity index (χ0v) is 29.5. The minimum absolute atomic E-state index is 0.205. The van der Waals surface area contributed by atoms with E-state index in [9.17, 15) is 24.0 Å². The first-order valence-electron chi connectivity index (χ1n) is 17.0. The van der Waals surface area contributed by atoms with Crippen LogP contribution in [0.4, 0.5) is 5.69 Å². The Balaban J connectivity index is 1.17. The molecule has 0 aliphatic rings. The Morgan fingerprint density at radius 1 is 0.481 bits per heavy atom. The quantitative estimate of drug-likeness (QED) is 0.0223. The summed E-state index contributed by atoms with van der Waals surface area (Å²) in [7, 11) is 0. The molecule has 54 heavy (non-hydrogen) atoms. The van der Waals surface area contributed by atoms with Crippen molar-refractivity contribution < 1.29 is 52.4 Å². The molecule has 0 amide bonds. The highest BCUT2D eigenvalue weighted by Crippen LogP contribution is 2.20. The van der Waals surface area contributed by atoms with E-state index in [0.717, 1.165) is 17.7 Å². The van der Waals surface area contributed by atoms with Crippen LogP contribution in [-0.2, 0) is 23.8 Å². The first-order chi connectivity index (χ1) is 26.2. The van der Waals surface area contributed by atoms with Gasteiger partial charge in [0.15, 0.2) is 0 Å². The van der Waals surface area contributed by atoms with E-state index in [0.29, 0.717) is 67.2 Å². The van der Waals surface area contributed by atoms with Crippen molar-refractivity contribution in [3.8, 4) is 17.2 Å². The molecule has 0 aliphatic heterocycles. The topological polar surface area (TPSA) is 153 Å². The van der Waals surface area contributed by atoms with Gasteiger partial charge >= 0.3 is 29.8 Å². The Kier molecular flexibility index (Phi) is 15.9. The van der Waals surface area contributed by atoms with Gasteiger partial charge in [-0.25, -0.2) is 24.0 Å². The molecular weight excluding hydrogens is 694 g/mol. The largest absolute Gasteiger partial charge is 0.494 e. The molecule has 0 atom stereocenters. The van der Waals surface area contributed by atoms with E-state index in [1.54, 1.807) is 79.0 Å². The summed E-state index contributed by atoms with van der Waals surface area (Å²) in [6.45, 7) is 7.82. The molecule has 4 rings (SSSR count). The molecule has 0 fully saturated rings. The summed E-state index contributed by atoms with van der Waals surface area (Å²) in [5.74, 6) is -1.39. The molecule has 0 aliphatic carbocycles. The number of nitrogens with zero attached hydrogens (tertiary/aromatic N) is 1. The number of unbranched alkanes of at least 4 members (excludes halogenated alkanes) is 2. The van der Waals surface area contributed by atoms with Crippen LogP contribution in [0.15, 0.2) is 127 Å². The Morgan fingerprint density at radius 2 is 0.889 bits per heavy atom. The van der Waals surface area contributed by atoms with E-state index in [1.165, 1.54) is 24.3 Å². The maximum Gasteiger partial charge on any atom is 0.343 e. The van der Waals surface area contributed by atoms with Gasteiger partial charge in [0.25, 0.3) is 0 Å². The van der Waals surface area contributed by atoms with Gasteiger partial charge in [-0.3, -0.25) is 4.99 Å². The summed E-state index contributed by atoms with van der Waals surface area (Å²) in [5, 5.41) is 0. The number of aliphatic imine (C=N–C) groups is 1. The molecule has 0 saturated carbocycles. The summed E-state index contributed by atoms with van der Waals surface area (Å²) < 4.78 is 31.6. The van der Waals surface area contributed by atoms with Gasteiger partial charge < -0.3 is 28.4 Å². The zero-order valence-electron chi connectivity index (χ0n) is 29.5. The van der Waals surface area contributed by atoms with Gasteiger partial charge in [-0.2, -0.15) is 0 Å². The van der Waals surface area contributed by atoms with E-state index in [2.05, 4.69) is 18.2 Å². The molecular formula is C42H39NO11. The Morgan fingerprint density at radius 3 is 1.39 bits per heavy atom. The van der Waals surface area contributed by atoms with Crippen LogP contribution in [0.25, 0.3) is 0 Å². The third kappa shape index (κ3) is 13.7. The van der Waals surface area contributed by atoms with Crippen molar-refractivity contribution in [3.63, 3.8) is 0 Å². The number of hydrogen-bond acceptors (Lipinski definition) is 12. The lowest BCUT2D eigenvalue weighted by Gasteiger charge is -2.08. The number of carbonyl (C=O) groups is 5. The van der Waals surface area contributed by atoms with Gasteiger partial charge in [0.05, 0.1) is 48.8 Å². The first-order valence-corrected chi connectivity index (χ1v) is 17.0. The summed E-state index contributed by atoms with van der Waals surface area (Å²) in [5.41, 5.74) is 2.35. The van der Waals surface area contributed by atoms with E-state index < -0.39 is 29.8 Å². The highest BCUT2D eigenvalue weighted by Gasteiger charge is 2.13. The number of hydrogen-bond donors (Lipinski definition) is 0. The molecule has 0 aromatic heterocycles. The Bertz CT molecular complexity index is 1920. The second-order valence-electron chi connectivity index (χ2n) is 11.3. The summed E-state index contributed by atoms with van der Waals surface area (Å²) in [6, 6.07) is 25.9. The maximum absolute atomic E-state index is 12.7. The monoisotopic (exact) mass is 733 g/mol.